The van der Waals surface area contributed by atoms with Crippen molar-refractivity contribution in [3.8, 4) is 17.3 Å². The highest BCUT2D eigenvalue weighted by atomic mass is 16.5. The van der Waals surface area contributed by atoms with Crippen LogP contribution in [0.5, 0.6) is 5.75 Å². The van der Waals surface area contributed by atoms with Crippen molar-refractivity contribution in [3.63, 3.8) is 0 Å². The van der Waals surface area contributed by atoms with Crippen LogP contribution < -0.4 is 0 Å². The molecule has 0 aromatic carbocycles. The van der Waals surface area contributed by atoms with Crippen LogP contribution in [0.2, 0.25) is 0 Å². The molecule has 0 bridgehead atoms. The Hall–Kier alpha value is -1.91. The van der Waals surface area contributed by atoms with Gasteiger partial charge in [-0.3, -0.25) is 0 Å². The molecular formula is C10H9N3O2. The third kappa shape index (κ3) is 1.45. The van der Waals surface area contributed by atoms with Gasteiger partial charge in [0.2, 0.25) is 0 Å². The Morgan fingerprint density at radius 3 is 3.00 bits per heavy atom. The van der Waals surface area contributed by atoms with Crippen molar-refractivity contribution in [1.82, 2.24) is 15.1 Å². The molecule has 0 amide bonds. The number of pyridine rings is 1. The van der Waals surface area contributed by atoms with Crippen LogP contribution in [-0.2, 0) is 0 Å². The number of aromatic hydroxyl groups is 1. The van der Waals surface area contributed by atoms with E-state index in [9.17, 15) is 5.11 Å². The number of aromatic nitrogens is 3. The molecule has 1 saturated carbocycles. The van der Waals surface area contributed by atoms with E-state index in [1.807, 2.05) is 0 Å². The molecule has 3 rings (SSSR count). The topological polar surface area (TPSA) is 72.0 Å². The van der Waals surface area contributed by atoms with Gasteiger partial charge in [-0.05, 0) is 25.0 Å². The second-order valence-corrected chi connectivity index (χ2v) is 3.60. The van der Waals surface area contributed by atoms with E-state index in [1.54, 1.807) is 18.3 Å². The van der Waals surface area contributed by atoms with Gasteiger partial charge in [0.05, 0.1) is 0 Å². The summed E-state index contributed by atoms with van der Waals surface area (Å²) in [6, 6.07) is 3.19. The number of rotatable bonds is 2. The summed E-state index contributed by atoms with van der Waals surface area (Å²) >= 11 is 0. The van der Waals surface area contributed by atoms with Gasteiger partial charge in [-0.15, -0.1) is 0 Å². The van der Waals surface area contributed by atoms with Gasteiger partial charge >= 0.3 is 0 Å². The van der Waals surface area contributed by atoms with E-state index in [0.29, 0.717) is 11.6 Å². The molecule has 76 valence electrons. The molecule has 1 N–H and O–H groups in total. The summed E-state index contributed by atoms with van der Waals surface area (Å²) in [6.45, 7) is 0. The Labute approximate surface area is 85.8 Å². The minimum absolute atomic E-state index is 0.0588. The van der Waals surface area contributed by atoms with E-state index in [0.717, 1.165) is 18.7 Å². The van der Waals surface area contributed by atoms with Crippen molar-refractivity contribution < 1.29 is 9.63 Å². The highest BCUT2D eigenvalue weighted by Gasteiger charge is 2.29. The zero-order valence-electron chi connectivity index (χ0n) is 7.92. The largest absolute Gasteiger partial charge is 0.505 e. The second kappa shape index (κ2) is 3.05. The number of hydrogen-bond donors (Lipinski definition) is 1. The van der Waals surface area contributed by atoms with E-state index in [4.69, 9.17) is 4.52 Å². The normalized spacial score (nSPS) is 15.5. The first-order valence-electron chi connectivity index (χ1n) is 4.82. The third-order valence-corrected chi connectivity index (χ3v) is 2.37. The molecule has 2 aromatic rings. The van der Waals surface area contributed by atoms with E-state index in [2.05, 4.69) is 15.1 Å². The Morgan fingerprint density at radius 1 is 1.40 bits per heavy atom. The predicted molar refractivity (Wildman–Crippen MR) is 51.2 cm³/mol. The zero-order chi connectivity index (χ0) is 10.3. The maximum absolute atomic E-state index is 9.54. The van der Waals surface area contributed by atoms with Crippen molar-refractivity contribution >= 4 is 0 Å². The monoisotopic (exact) mass is 203 g/mol. The summed E-state index contributed by atoms with van der Waals surface area (Å²) in [6.07, 6.45) is 3.82. The molecule has 1 aliphatic carbocycles. The van der Waals surface area contributed by atoms with Crippen molar-refractivity contribution in [2.45, 2.75) is 18.8 Å². The summed E-state index contributed by atoms with van der Waals surface area (Å²) in [5.74, 6) is 1.50. The first-order valence-corrected chi connectivity index (χ1v) is 4.82. The lowest BCUT2D eigenvalue weighted by Crippen LogP contribution is -1.85. The van der Waals surface area contributed by atoms with Crippen molar-refractivity contribution in [2.24, 2.45) is 0 Å². The van der Waals surface area contributed by atoms with Crippen LogP contribution in [0.25, 0.3) is 11.6 Å². The fraction of sp³-hybridized carbons (Fsp3) is 0.300. The van der Waals surface area contributed by atoms with E-state index < -0.39 is 0 Å². The molecule has 5 nitrogen and oxygen atoms in total. The molecule has 2 heterocycles. The summed E-state index contributed by atoms with van der Waals surface area (Å²) in [4.78, 5) is 8.20. The molecule has 0 atom stereocenters. The zero-order valence-corrected chi connectivity index (χ0v) is 7.92. The average Bonchev–Trinajstić information content (AvgIpc) is 2.99. The molecule has 0 aliphatic heterocycles. The maximum atomic E-state index is 9.54. The molecule has 1 fully saturated rings. The molecule has 0 spiro atoms. The highest BCUT2D eigenvalue weighted by molar-refractivity contribution is 5.55. The van der Waals surface area contributed by atoms with Crippen LogP contribution in [0.15, 0.2) is 22.9 Å². The van der Waals surface area contributed by atoms with Crippen LogP contribution in [0, 0.1) is 0 Å². The van der Waals surface area contributed by atoms with Gasteiger partial charge in [0, 0.05) is 12.1 Å². The Balaban J connectivity index is 2.01. The van der Waals surface area contributed by atoms with Crippen LogP contribution in [-0.4, -0.2) is 20.2 Å². The lowest BCUT2D eigenvalue weighted by atomic mass is 10.3. The van der Waals surface area contributed by atoms with Crippen molar-refractivity contribution in [2.75, 3.05) is 0 Å². The maximum Gasteiger partial charge on any atom is 0.280 e. The lowest BCUT2D eigenvalue weighted by molar-refractivity contribution is 0.415. The Morgan fingerprint density at radius 2 is 2.27 bits per heavy atom. The van der Waals surface area contributed by atoms with Gasteiger partial charge in [-0.25, -0.2) is 4.98 Å². The smallest absolute Gasteiger partial charge is 0.280 e. The van der Waals surface area contributed by atoms with E-state index in [-0.39, 0.29) is 11.6 Å². The molecule has 0 unspecified atom stereocenters. The van der Waals surface area contributed by atoms with Crippen molar-refractivity contribution in [1.29, 1.82) is 0 Å². The molecule has 0 saturated heterocycles. The van der Waals surface area contributed by atoms with Crippen LogP contribution in [0.3, 0.4) is 0 Å². The molecule has 2 aromatic heterocycles. The molecule has 15 heavy (non-hydrogen) atoms. The van der Waals surface area contributed by atoms with Gasteiger partial charge in [-0.2, -0.15) is 4.98 Å². The number of hydrogen-bond acceptors (Lipinski definition) is 5. The Bertz CT molecular complexity index is 491. The van der Waals surface area contributed by atoms with Crippen molar-refractivity contribution in [3.05, 3.63) is 24.2 Å². The quantitative estimate of drug-likeness (QED) is 0.804. The fourth-order valence-corrected chi connectivity index (χ4v) is 1.40. The fourth-order valence-electron chi connectivity index (χ4n) is 1.40. The highest BCUT2D eigenvalue weighted by Crippen LogP contribution is 2.39. The minimum Gasteiger partial charge on any atom is -0.505 e. The van der Waals surface area contributed by atoms with Gasteiger partial charge < -0.3 is 9.63 Å². The summed E-state index contributed by atoms with van der Waals surface area (Å²) in [7, 11) is 0. The third-order valence-electron chi connectivity index (χ3n) is 2.37. The lowest BCUT2D eigenvalue weighted by Gasteiger charge is -1.95. The molecule has 0 radical (unpaired) electrons. The summed E-state index contributed by atoms with van der Waals surface area (Å²) < 4.78 is 5.05. The van der Waals surface area contributed by atoms with Gasteiger partial charge in [0.1, 0.15) is 5.75 Å². The first kappa shape index (κ1) is 8.40. The first-order chi connectivity index (χ1) is 7.34. The number of nitrogens with zero attached hydrogens (tertiary/aromatic N) is 3. The van der Waals surface area contributed by atoms with Gasteiger partial charge in [-0.1, -0.05) is 5.16 Å². The molecule has 5 heteroatoms. The average molecular weight is 203 g/mol. The minimum atomic E-state index is 0.0588. The Kier molecular flexibility index (Phi) is 1.71. The van der Waals surface area contributed by atoms with Crippen LogP contribution >= 0.6 is 0 Å². The second-order valence-electron chi connectivity index (χ2n) is 3.60. The summed E-state index contributed by atoms with van der Waals surface area (Å²) in [5, 5.41) is 13.4. The van der Waals surface area contributed by atoms with E-state index >= 15 is 0 Å². The molecular weight excluding hydrogens is 194 g/mol. The SMILES string of the molecule is Oc1cccnc1-c1nc(C2CC2)no1. The van der Waals surface area contributed by atoms with Gasteiger partial charge in [0.25, 0.3) is 5.89 Å². The van der Waals surface area contributed by atoms with E-state index in [1.165, 1.54) is 0 Å². The standard InChI is InChI=1S/C10H9N3O2/c14-7-2-1-5-11-8(7)10-12-9(13-15-10)6-3-4-6/h1-2,5-6,14H,3-4H2. The van der Waals surface area contributed by atoms with Gasteiger partial charge in [0.15, 0.2) is 11.5 Å². The predicted octanol–water partition coefficient (Wildman–Crippen LogP) is 1.71. The van der Waals surface area contributed by atoms with Crippen LogP contribution in [0.4, 0.5) is 0 Å². The summed E-state index contributed by atoms with van der Waals surface area (Å²) in [5.41, 5.74) is 0.344. The van der Waals surface area contributed by atoms with Crippen LogP contribution in [0.1, 0.15) is 24.6 Å². The molecule has 1 aliphatic rings.